The largest absolute Gasteiger partial charge is 0.468 e. The summed E-state index contributed by atoms with van der Waals surface area (Å²) in [5.41, 5.74) is 0.729. The van der Waals surface area contributed by atoms with Gasteiger partial charge in [-0.1, -0.05) is 30.3 Å². The highest BCUT2D eigenvalue weighted by Gasteiger charge is 2.31. The second-order valence-corrected chi connectivity index (χ2v) is 7.32. The molecule has 0 spiro atoms. The van der Waals surface area contributed by atoms with Gasteiger partial charge in [0, 0.05) is 0 Å². The molecule has 0 saturated carbocycles. The summed E-state index contributed by atoms with van der Waals surface area (Å²) in [4.78, 5) is 0.239. The number of benzene rings is 2. The summed E-state index contributed by atoms with van der Waals surface area (Å²) in [5.74, 6) is 0.0207. The van der Waals surface area contributed by atoms with Crippen LogP contribution in [0.25, 0.3) is 0 Å². The van der Waals surface area contributed by atoms with E-state index in [0.717, 1.165) is 5.56 Å². The van der Waals surface area contributed by atoms with Crippen molar-refractivity contribution in [3.63, 3.8) is 0 Å². The average Bonchev–Trinajstić information content (AvgIpc) is 3.09. The van der Waals surface area contributed by atoms with E-state index in [-0.39, 0.29) is 17.1 Å². The Labute approximate surface area is 134 Å². The number of rotatable bonds is 5. The Morgan fingerprint density at radius 2 is 1.61 bits per heavy atom. The summed E-state index contributed by atoms with van der Waals surface area (Å²) in [7, 11) is -3.62. The number of halogens is 1. The summed E-state index contributed by atoms with van der Waals surface area (Å²) < 4.78 is 44.3. The molecule has 5 heteroatoms. The van der Waals surface area contributed by atoms with E-state index in [4.69, 9.17) is 4.42 Å². The molecule has 1 heterocycles. The van der Waals surface area contributed by atoms with Gasteiger partial charge in [-0.3, -0.25) is 0 Å². The van der Waals surface area contributed by atoms with Crippen LogP contribution in [0.15, 0.2) is 82.3 Å². The van der Waals surface area contributed by atoms with Gasteiger partial charge in [-0.15, -0.1) is 0 Å². The van der Waals surface area contributed by atoms with E-state index in [0.29, 0.717) is 5.76 Å². The van der Waals surface area contributed by atoms with Crippen molar-refractivity contribution in [3.8, 4) is 0 Å². The summed E-state index contributed by atoms with van der Waals surface area (Å²) in [6.45, 7) is 0. The molecular weight excluding hydrogens is 315 g/mol. The van der Waals surface area contributed by atoms with Crippen molar-refractivity contribution in [1.29, 1.82) is 0 Å². The smallest absolute Gasteiger partial charge is 0.188 e. The van der Waals surface area contributed by atoms with Crippen LogP contribution in [0.4, 0.5) is 4.39 Å². The molecule has 0 unspecified atom stereocenters. The minimum absolute atomic E-state index is 0.213. The fraction of sp³-hybridized carbons (Fsp3) is 0.111. The number of hydrogen-bond donors (Lipinski definition) is 0. The van der Waals surface area contributed by atoms with Crippen molar-refractivity contribution in [1.82, 2.24) is 0 Å². The van der Waals surface area contributed by atoms with E-state index < -0.39 is 15.1 Å². The van der Waals surface area contributed by atoms with E-state index in [1.54, 1.807) is 54.6 Å². The minimum Gasteiger partial charge on any atom is -0.468 e. The van der Waals surface area contributed by atoms with Crippen molar-refractivity contribution in [2.24, 2.45) is 0 Å². The van der Waals surface area contributed by atoms with Gasteiger partial charge in [0.2, 0.25) is 0 Å². The molecule has 3 nitrogen and oxygen atoms in total. The second kappa shape index (κ2) is 6.38. The van der Waals surface area contributed by atoms with Crippen molar-refractivity contribution in [3.05, 3.63) is 90.1 Å². The van der Waals surface area contributed by atoms with E-state index >= 15 is 0 Å². The summed E-state index contributed by atoms with van der Waals surface area (Å²) in [5, 5.41) is -0.856. The number of furan rings is 1. The third kappa shape index (κ3) is 3.35. The molecule has 118 valence electrons. The molecule has 0 aliphatic carbocycles. The van der Waals surface area contributed by atoms with Gasteiger partial charge in [0.05, 0.1) is 11.2 Å². The van der Waals surface area contributed by atoms with Crippen molar-refractivity contribution < 1.29 is 17.2 Å². The van der Waals surface area contributed by atoms with Gasteiger partial charge in [0.25, 0.3) is 0 Å². The standard InChI is InChI=1S/C18H15FO3S/c19-15-10-8-14(9-11-15)13-18(17-7-4-12-22-17)23(20,21)16-5-2-1-3-6-16/h1-12,18H,13H2/t18-/m1/s1. The molecule has 2 aromatic carbocycles. The zero-order chi connectivity index (χ0) is 16.3. The van der Waals surface area contributed by atoms with Crippen LogP contribution in [0, 0.1) is 5.82 Å². The normalized spacial score (nSPS) is 12.9. The highest BCUT2D eigenvalue weighted by atomic mass is 32.2. The SMILES string of the molecule is O=S(=O)(c1ccccc1)[C@H](Cc1ccc(F)cc1)c1ccco1. The maximum absolute atomic E-state index is 13.1. The quantitative estimate of drug-likeness (QED) is 0.705. The van der Waals surface area contributed by atoms with Gasteiger partial charge in [-0.05, 0) is 48.4 Å². The van der Waals surface area contributed by atoms with Crippen molar-refractivity contribution in [2.45, 2.75) is 16.6 Å². The molecule has 23 heavy (non-hydrogen) atoms. The monoisotopic (exact) mass is 330 g/mol. The van der Waals surface area contributed by atoms with Crippen LogP contribution >= 0.6 is 0 Å². The lowest BCUT2D eigenvalue weighted by Gasteiger charge is -2.16. The molecule has 0 aliphatic heterocycles. The third-order valence-corrected chi connectivity index (χ3v) is 5.72. The first-order valence-corrected chi connectivity index (χ1v) is 8.69. The van der Waals surface area contributed by atoms with Crippen LogP contribution in [0.5, 0.6) is 0 Å². The molecule has 0 amide bonds. The zero-order valence-electron chi connectivity index (χ0n) is 12.2. The molecule has 0 fully saturated rings. The van der Waals surface area contributed by atoms with Gasteiger partial charge in [0.15, 0.2) is 9.84 Å². The first-order valence-electron chi connectivity index (χ1n) is 7.14. The molecule has 0 bridgehead atoms. The lowest BCUT2D eigenvalue weighted by Crippen LogP contribution is -2.16. The second-order valence-electron chi connectivity index (χ2n) is 5.19. The number of hydrogen-bond acceptors (Lipinski definition) is 3. The maximum Gasteiger partial charge on any atom is 0.188 e. The summed E-state index contributed by atoms with van der Waals surface area (Å²) in [6, 6.07) is 17.4. The Morgan fingerprint density at radius 3 is 2.22 bits per heavy atom. The molecule has 3 rings (SSSR count). The Bertz CT molecular complexity index is 854. The first-order chi connectivity index (χ1) is 11.1. The Kier molecular flexibility index (Phi) is 4.30. The van der Waals surface area contributed by atoms with Gasteiger partial charge in [-0.2, -0.15) is 0 Å². The predicted octanol–water partition coefficient (Wildman–Crippen LogP) is 4.18. The van der Waals surface area contributed by atoms with E-state index in [1.807, 2.05) is 0 Å². The average molecular weight is 330 g/mol. The van der Waals surface area contributed by atoms with Gasteiger partial charge < -0.3 is 4.42 Å². The highest BCUT2D eigenvalue weighted by Crippen LogP contribution is 2.32. The Balaban J connectivity index is 2.01. The molecule has 1 aromatic heterocycles. The Hall–Kier alpha value is -2.40. The van der Waals surface area contributed by atoms with Gasteiger partial charge in [0.1, 0.15) is 16.8 Å². The van der Waals surface area contributed by atoms with Crippen LogP contribution in [0.1, 0.15) is 16.6 Å². The van der Waals surface area contributed by atoms with Crippen LogP contribution in [0.2, 0.25) is 0 Å². The highest BCUT2D eigenvalue weighted by molar-refractivity contribution is 7.91. The van der Waals surface area contributed by atoms with Crippen molar-refractivity contribution >= 4 is 9.84 Å². The molecule has 0 saturated heterocycles. The number of sulfone groups is 1. The van der Waals surface area contributed by atoms with E-state index in [2.05, 4.69) is 0 Å². The van der Waals surface area contributed by atoms with Gasteiger partial charge in [-0.25, -0.2) is 12.8 Å². The van der Waals surface area contributed by atoms with Crippen LogP contribution in [0.3, 0.4) is 0 Å². The molecule has 0 radical (unpaired) electrons. The summed E-state index contributed by atoms with van der Waals surface area (Å²) >= 11 is 0. The van der Waals surface area contributed by atoms with Crippen molar-refractivity contribution in [2.75, 3.05) is 0 Å². The lowest BCUT2D eigenvalue weighted by atomic mass is 10.1. The first kappa shape index (κ1) is 15.5. The van der Waals surface area contributed by atoms with Crippen LogP contribution < -0.4 is 0 Å². The molecule has 0 N–H and O–H groups in total. The molecule has 1 atom stereocenters. The summed E-state index contributed by atoms with van der Waals surface area (Å²) in [6.07, 6.45) is 1.67. The zero-order valence-corrected chi connectivity index (χ0v) is 13.0. The molecule has 0 aliphatic rings. The van der Waals surface area contributed by atoms with Gasteiger partial charge >= 0.3 is 0 Å². The Morgan fingerprint density at radius 1 is 0.913 bits per heavy atom. The van der Waals surface area contributed by atoms with E-state index in [9.17, 15) is 12.8 Å². The van der Waals surface area contributed by atoms with E-state index in [1.165, 1.54) is 18.4 Å². The van der Waals surface area contributed by atoms with Crippen LogP contribution in [-0.4, -0.2) is 8.42 Å². The predicted molar refractivity (Wildman–Crippen MR) is 85.2 cm³/mol. The third-order valence-electron chi connectivity index (χ3n) is 3.64. The molecular formula is C18H15FO3S. The fourth-order valence-electron chi connectivity index (χ4n) is 2.45. The topological polar surface area (TPSA) is 47.3 Å². The van der Waals surface area contributed by atoms with Crippen LogP contribution in [-0.2, 0) is 16.3 Å². The lowest BCUT2D eigenvalue weighted by molar-refractivity contribution is 0.489. The molecule has 3 aromatic rings. The fourth-order valence-corrected chi connectivity index (χ4v) is 4.16. The minimum atomic E-state index is -3.62. The maximum atomic E-state index is 13.1.